The molecular formula is C33H33N3O5. The van der Waals surface area contributed by atoms with Crippen LogP contribution in [-0.2, 0) is 22.4 Å². The number of H-pyrrole nitrogens is 1. The molecule has 1 aliphatic carbocycles. The number of carbonyl (C=O) groups excluding carboxylic acids is 2. The largest absolute Gasteiger partial charge is 0.486 e. The van der Waals surface area contributed by atoms with Crippen molar-refractivity contribution < 1.29 is 24.5 Å². The van der Waals surface area contributed by atoms with Gasteiger partial charge in [-0.2, -0.15) is 0 Å². The topological polar surface area (TPSA) is 115 Å². The molecule has 0 radical (unpaired) electrons. The molecule has 8 nitrogen and oxygen atoms in total. The monoisotopic (exact) mass is 551 g/mol. The average Bonchev–Trinajstić information content (AvgIpc) is 3.59. The second kappa shape index (κ2) is 11.6. The fraction of sp³-hybridized carbons (Fsp3) is 0.273. The first kappa shape index (κ1) is 26.8. The summed E-state index contributed by atoms with van der Waals surface area (Å²) in [6.07, 6.45) is 0.610. The zero-order valence-electron chi connectivity index (χ0n) is 22.6. The van der Waals surface area contributed by atoms with Crippen LogP contribution in [0.5, 0.6) is 5.75 Å². The maximum absolute atomic E-state index is 13.9. The molecule has 0 bridgehead atoms. The third kappa shape index (κ3) is 5.36. The lowest BCUT2D eigenvalue weighted by atomic mass is 9.77. The van der Waals surface area contributed by atoms with Gasteiger partial charge in [-0.05, 0) is 35.2 Å². The molecule has 1 aliphatic heterocycles. The molecule has 210 valence electrons. The molecule has 6 rings (SSSR count). The minimum Gasteiger partial charge on any atom is -0.486 e. The van der Waals surface area contributed by atoms with Crippen LogP contribution in [-0.4, -0.2) is 69.9 Å². The summed E-state index contributed by atoms with van der Waals surface area (Å²) in [5, 5.41) is 24.9. The normalized spacial score (nSPS) is 21.0. The van der Waals surface area contributed by atoms with Gasteiger partial charge in [0, 0.05) is 41.9 Å². The number of nitrogens with one attached hydrogen (secondary N) is 2. The molecule has 4 N–H and O–H groups in total. The van der Waals surface area contributed by atoms with Crippen molar-refractivity contribution in [3.8, 4) is 5.75 Å². The number of aromatic nitrogens is 1. The number of amides is 2. The summed E-state index contributed by atoms with van der Waals surface area (Å²) in [7, 11) is 0. The predicted octanol–water partition coefficient (Wildman–Crippen LogP) is 3.10. The van der Waals surface area contributed by atoms with Crippen LogP contribution in [0.1, 0.15) is 22.7 Å². The molecule has 4 unspecified atom stereocenters. The van der Waals surface area contributed by atoms with Crippen LogP contribution in [0.15, 0.2) is 96.6 Å². The number of ether oxygens (including phenoxy) is 1. The van der Waals surface area contributed by atoms with Crippen LogP contribution in [0.25, 0.3) is 10.9 Å². The minimum absolute atomic E-state index is 0.0975. The summed E-state index contributed by atoms with van der Waals surface area (Å²) < 4.78 is 6.22. The third-order valence-corrected chi connectivity index (χ3v) is 7.96. The lowest BCUT2D eigenvalue weighted by Gasteiger charge is -2.40. The van der Waals surface area contributed by atoms with Gasteiger partial charge < -0.3 is 30.2 Å². The molecular weight excluding hydrogens is 518 g/mol. The van der Waals surface area contributed by atoms with Crippen LogP contribution in [0.4, 0.5) is 0 Å². The first-order valence-corrected chi connectivity index (χ1v) is 14.0. The lowest BCUT2D eigenvalue weighted by molar-refractivity contribution is -0.136. The van der Waals surface area contributed by atoms with Crippen molar-refractivity contribution in [1.82, 2.24) is 15.2 Å². The number of aromatic amines is 1. The Bertz CT molecular complexity index is 1550. The van der Waals surface area contributed by atoms with Gasteiger partial charge >= 0.3 is 0 Å². The van der Waals surface area contributed by atoms with E-state index in [-0.39, 0.29) is 31.4 Å². The second-order valence-electron chi connectivity index (χ2n) is 10.6. The molecule has 4 atom stereocenters. The molecule has 4 aromatic rings. The van der Waals surface area contributed by atoms with Crippen LogP contribution in [0, 0.1) is 0 Å². The number of hydrogen-bond acceptors (Lipinski definition) is 5. The van der Waals surface area contributed by atoms with Crippen LogP contribution in [0.2, 0.25) is 0 Å². The number of carbonyl (C=O) groups is 2. The molecule has 0 spiro atoms. The van der Waals surface area contributed by atoms with Gasteiger partial charge in [-0.1, -0.05) is 66.7 Å². The highest BCUT2D eigenvalue weighted by atomic mass is 16.5. The van der Waals surface area contributed by atoms with E-state index in [2.05, 4.69) is 16.4 Å². The van der Waals surface area contributed by atoms with Crippen molar-refractivity contribution in [3.05, 3.63) is 113 Å². The van der Waals surface area contributed by atoms with E-state index in [1.807, 2.05) is 78.9 Å². The zero-order chi connectivity index (χ0) is 28.3. The summed E-state index contributed by atoms with van der Waals surface area (Å²) in [5.41, 5.74) is 4.10. The number of hydrogen-bond donors (Lipinski definition) is 4. The van der Waals surface area contributed by atoms with E-state index in [1.165, 1.54) is 0 Å². The fourth-order valence-corrected chi connectivity index (χ4v) is 6.01. The number of fused-ring (bicyclic) bond motifs is 4. The van der Waals surface area contributed by atoms with Crippen molar-refractivity contribution in [2.75, 3.05) is 19.7 Å². The Morgan fingerprint density at radius 2 is 1.73 bits per heavy atom. The number of rotatable bonds is 9. The van der Waals surface area contributed by atoms with E-state index in [0.29, 0.717) is 24.3 Å². The van der Waals surface area contributed by atoms with Gasteiger partial charge in [0.2, 0.25) is 11.8 Å². The van der Waals surface area contributed by atoms with E-state index < -0.39 is 24.2 Å². The van der Waals surface area contributed by atoms with E-state index in [4.69, 9.17) is 4.74 Å². The molecule has 2 amide bonds. The number of nitrogens with zero attached hydrogens (tertiary/aromatic N) is 1. The predicted molar refractivity (Wildman–Crippen MR) is 155 cm³/mol. The van der Waals surface area contributed by atoms with Crippen molar-refractivity contribution >= 4 is 22.7 Å². The summed E-state index contributed by atoms with van der Waals surface area (Å²) in [5.74, 6) is -0.381. The number of aliphatic hydroxyl groups excluding tert-OH is 2. The number of aliphatic hydroxyl groups is 2. The fourth-order valence-electron chi connectivity index (χ4n) is 6.01. The van der Waals surface area contributed by atoms with Crippen LogP contribution < -0.4 is 10.1 Å². The zero-order valence-corrected chi connectivity index (χ0v) is 22.6. The maximum Gasteiger partial charge on any atom is 0.247 e. The van der Waals surface area contributed by atoms with E-state index in [0.717, 1.165) is 27.7 Å². The maximum atomic E-state index is 13.9. The standard InChI is InChI=1S/C33H33N3O5/c37-17-15-34-33(40)25-20-27(31(39)32-30(25)24-11-5-7-13-28(24)41-32)36(29(38)18-21-8-2-1-3-9-21)16-14-23-19-22-10-4-6-12-26(22)35-23/h1-13,19-20,27,30-32,35,37,39H,14-18H2,(H,34,40). The molecule has 0 fully saturated rings. The van der Waals surface area contributed by atoms with E-state index in [9.17, 15) is 19.8 Å². The molecule has 0 saturated heterocycles. The molecule has 2 aliphatic rings. The van der Waals surface area contributed by atoms with Gasteiger partial charge in [0.1, 0.15) is 18.0 Å². The van der Waals surface area contributed by atoms with Crippen molar-refractivity contribution in [3.63, 3.8) is 0 Å². The summed E-state index contributed by atoms with van der Waals surface area (Å²) >= 11 is 0. The number of benzene rings is 3. The van der Waals surface area contributed by atoms with Gasteiger partial charge in [-0.3, -0.25) is 9.59 Å². The number of para-hydroxylation sites is 2. The molecule has 41 heavy (non-hydrogen) atoms. The Morgan fingerprint density at radius 1 is 0.976 bits per heavy atom. The van der Waals surface area contributed by atoms with Crippen molar-refractivity contribution in [1.29, 1.82) is 0 Å². The molecule has 8 heteroatoms. The summed E-state index contributed by atoms with van der Waals surface area (Å²) in [6.45, 7) is 0.228. The van der Waals surface area contributed by atoms with Gasteiger partial charge in [0.15, 0.2) is 0 Å². The third-order valence-electron chi connectivity index (χ3n) is 7.96. The molecule has 1 aromatic heterocycles. The Hall–Kier alpha value is -4.40. The van der Waals surface area contributed by atoms with Crippen molar-refractivity contribution in [2.24, 2.45) is 0 Å². The molecule has 0 saturated carbocycles. The van der Waals surface area contributed by atoms with E-state index >= 15 is 0 Å². The Morgan fingerprint density at radius 3 is 2.54 bits per heavy atom. The first-order chi connectivity index (χ1) is 20.0. The van der Waals surface area contributed by atoms with Gasteiger partial charge in [-0.25, -0.2) is 0 Å². The van der Waals surface area contributed by atoms with Gasteiger partial charge in [0.25, 0.3) is 0 Å². The van der Waals surface area contributed by atoms with Crippen LogP contribution in [0.3, 0.4) is 0 Å². The SMILES string of the molecule is O=C(NCCO)C1=CC(N(CCc2cc3ccccc3[nH]2)C(=O)Cc2ccccc2)C(O)C2Oc3ccccc3C12. The summed E-state index contributed by atoms with van der Waals surface area (Å²) in [4.78, 5) is 32.4. The highest BCUT2D eigenvalue weighted by Crippen LogP contribution is 2.47. The summed E-state index contributed by atoms with van der Waals surface area (Å²) in [6, 6.07) is 26.2. The van der Waals surface area contributed by atoms with Crippen LogP contribution >= 0.6 is 0 Å². The van der Waals surface area contributed by atoms with Gasteiger partial charge in [0.05, 0.1) is 25.0 Å². The first-order valence-electron chi connectivity index (χ1n) is 14.0. The Labute approximate surface area is 238 Å². The Balaban J connectivity index is 1.36. The minimum atomic E-state index is -1.07. The lowest BCUT2D eigenvalue weighted by Crippen LogP contribution is -2.56. The molecule has 3 aromatic carbocycles. The second-order valence-corrected chi connectivity index (χ2v) is 10.6. The Kier molecular flexibility index (Phi) is 7.59. The van der Waals surface area contributed by atoms with Gasteiger partial charge in [-0.15, -0.1) is 0 Å². The highest BCUT2D eigenvalue weighted by Gasteiger charge is 2.50. The highest BCUT2D eigenvalue weighted by molar-refractivity contribution is 5.96. The quantitative estimate of drug-likeness (QED) is 0.255. The smallest absolute Gasteiger partial charge is 0.247 e. The molecule has 2 heterocycles. The van der Waals surface area contributed by atoms with Crippen molar-refractivity contribution in [2.45, 2.75) is 37.0 Å². The van der Waals surface area contributed by atoms with E-state index in [1.54, 1.807) is 11.0 Å². The average molecular weight is 552 g/mol.